The molecule has 0 atom stereocenters. The highest BCUT2D eigenvalue weighted by Crippen LogP contribution is 2.54. The zero-order chi connectivity index (χ0) is 49.9. The predicted molar refractivity (Wildman–Crippen MR) is 321 cm³/mol. The van der Waals surface area contributed by atoms with Crippen molar-refractivity contribution in [2.45, 2.75) is 0 Å². The molecule has 0 amide bonds. The maximum absolute atomic E-state index is 12.7. The van der Waals surface area contributed by atoms with Gasteiger partial charge >= 0.3 is 0 Å². The van der Waals surface area contributed by atoms with E-state index in [4.69, 9.17) is 4.85 Å². The van der Waals surface area contributed by atoms with E-state index in [1.807, 2.05) is 0 Å². The molecule has 0 saturated carbocycles. The fourth-order valence-electron chi connectivity index (χ4n) is 13.0. The van der Waals surface area contributed by atoms with Gasteiger partial charge in [0, 0.05) is 74.0 Å². The summed E-state index contributed by atoms with van der Waals surface area (Å²) in [5.41, 5.74) is 11.2. The Labute approximate surface area is 441 Å². The number of aromatic nitrogens is 4. The predicted octanol–water partition coefficient (Wildman–Crippen LogP) is 19.2. The van der Waals surface area contributed by atoms with Gasteiger partial charge in [-0.1, -0.05) is 170 Å². The molecule has 0 bridgehead atoms. The molecule has 350 valence electrons. The van der Waals surface area contributed by atoms with Crippen molar-refractivity contribution in [3.63, 3.8) is 0 Å². The van der Waals surface area contributed by atoms with Gasteiger partial charge in [-0.15, -0.1) is 22.7 Å². The number of nitriles is 1. The average Bonchev–Trinajstić information content (AvgIpc) is 4.48. The van der Waals surface area contributed by atoms with Gasteiger partial charge in [0.2, 0.25) is 5.69 Å². The van der Waals surface area contributed by atoms with E-state index in [-0.39, 0.29) is 0 Å². The van der Waals surface area contributed by atoms with Crippen LogP contribution in [0.5, 0.6) is 0 Å². The summed E-state index contributed by atoms with van der Waals surface area (Å²) in [7, 11) is 0. The molecule has 11 aromatic carbocycles. The Hall–Kier alpha value is -9.96. The van der Waals surface area contributed by atoms with Gasteiger partial charge in [-0.2, -0.15) is 5.26 Å². The van der Waals surface area contributed by atoms with Crippen molar-refractivity contribution in [2.75, 3.05) is 0 Å². The summed E-state index contributed by atoms with van der Waals surface area (Å²) in [4.78, 5) is 4.84. The van der Waals surface area contributed by atoms with Crippen LogP contribution in [0.15, 0.2) is 218 Å². The fourth-order valence-corrected chi connectivity index (χ4v) is 15.5. The molecule has 0 N–H and O–H groups in total. The molecule has 0 aliphatic rings. The first kappa shape index (κ1) is 41.5. The van der Waals surface area contributed by atoms with Crippen molar-refractivity contribution in [2.24, 2.45) is 0 Å². The van der Waals surface area contributed by atoms with Gasteiger partial charge in [-0.25, -0.2) is 4.85 Å². The number of hydrogen-bond acceptors (Lipinski definition) is 3. The Morgan fingerprint density at radius 3 is 1.03 bits per heavy atom. The maximum atomic E-state index is 12.7. The number of thiophene rings is 2. The monoisotopic (exact) mass is 1000 g/mol. The lowest BCUT2D eigenvalue weighted by atomic mass is 10.0. The molecule has 0 radical (unpaired) electrons. The normalized spacial score (nSPS) is 12.2. The van der Waals surface area contributed by atoms with Gasteiger partial charge in [0.05, 0.1) is 88.4 Å². The van der Waals surface area contributed by atoms with E-state index in [0.717, 1.165) is 113 Å². The quantitative estimate of drug-likeness (QED) is 0.162. The van der Waals surface area contributed by atoms with E-state index in [1.165, 1.54) is 20.2 Å². The third-order valence-electron chi connectivity index (χ3n) is 16.0. The smallest absolute Gasteiger partial charge is 0.237 e. The maximum Gasteiger partial charge on any atom is 0.237 e. The Balaban J connectivity index is 1.23. The average molecular weight is 1000 g/mol. The van der Waals surface area contributed by atoms with Crippen LogP contribution in [0.3, 0.4) is 0 Å². The van der Waals surface area contributed by atoms with Crippen LogP contribution in [0.25, 0.3) is 155 Å². The molecule has 0 aliphatic heterocycles. The standard InChI is InChI=1S/C68H36N6S2/c1-70-60-61(71-52-26-10-2-18-39(52)40-19-3-11-27-53(40)71)51(38-69)62(73-56-30-14-6-22-43(56)47-34-36-49-45-24-8-16-32-58(45)75-67(49)63(47)73)66(72-54-28-12-4-20-41(54)42-21-5-13-29-55(42)72)65(60)74-57-31-15-7-23-44(57)48-35-37-50-46-25-9-17-33-59(46)76-68(50)64(48)74/h2-37H. The molecule has 0 aliphatic carbocycles. The lowest BCUT2D eigenvalue weighted by Gasteiger charge is -2.27. The second-order valence-corrected chi connectivity index (χ2v) is 21.8. The van der Waals surface area contributed by atoms with Crippen LogP contribution in [0.4, 0.5) is 5.69 Å². The van der Waals surface area contributed by atoms with Gasteiger partial charge in [0.25, 0.3) is 0 Å². The zero-order valence-electron chi connectivity index (χ0n) is 40.3. The van der Waals surface area contributed by atoms with Crippen LogP contribution < -0.4 is 0 Å². The fraction of sp³-hybridized carbons (Fsp3) is 0. The van der Waals surface area contributed by atoms with Crippen LogP contribution in [0, 0.1) is 17.9 Å². The van der Waals surface area contributed by atoms with E-state index in [2.05, 4.69) is 243 Å². The van der Waals surface area contributed by atoms with Gasteiger partial charge in [0.15, 0.2) is 0 Å². The number of rotatable bonds is 4. The molecule has 0 saturated heterocycles. The molecule has 6 nitrogen and oxygen atoms in total. The van der Waals surface area contributed by atoms with Gasteiger partial charge < -0.3 is 18.3 Å². The number of hydrogen-bond donors (Lipinski definition) is 0. The van der Waals surface area contributed by atoms with Crippen LogP contribution in [0.1, 0.15) is 5.56 Å². The van der Waals surface area contributed by atoms with Gasteiger partial charge in [-0.05, 0) is 48.5 Å². The molecule has 0 fully saturated rings. The van der Waals surface area contributed by atoms with Crippen molar-refractivity contribution < 1.29 is 0 Å². The number of nitrogens with zero attached hydrogens (tertiary/aromatic N) is 6. The number of para-hydroxylation sites is 6. The highest BCUT2D eigenvalue weighted by Gasteiger charge is 2.35. The summed E-state index contributed by atoms with van der Waals surface area (Å²) in [6.07, 6.45) is 0. The lowest BCUT2D eigenvalue weighted by Crippen LogP contribution is -2.14. The highest BCUT2D eigenvalue weighted by molar-refractivity contribution is 7.27. The van der Waals surface area contributed by atoms with Crippen molar-refractivity contribution in [1.29, 1.82) is 5.26 Å². The molecule has 17 rings (SSSR count). The van der Waals surface area contributed by atoms with E-state index >= 15 is 0 Å². The van der Waals surface area contributed by atoms with E-state index in [1.54, 1.807) is 22.7 Å². The Morgan fingerprint density at radius 2 is 0.632 bits per heavy atom. The van der Waals surface area contributed by atoms with E-state index in [9.17, 15) is 11.8 Å². The largest absolute Gasteiger partial charge is 0.318 e. The van der Waals surface area contributed by atoms with Crippen molar-refractivity contribution >= 4 is 156 Å². The minimum absolute atomic E-state index is 0.372. The van der Waals surface area contributed by atoms with Crippen LogP contribution >= 0.6 is 22.7 Å². The summed E-state index contributed by atoms with van der Waals surface area (Å²) >= 11 is 3.58. The zero-order valence-corrected chi connectivity index (χ0v) is 41.9. The molecular weight excluding hydrogens is 965 g/mol. The SMILES string of the molecule is [C-]#[N+]c1c(-n2c3ccccc3c3ccccc32)c(C#N)c(-n2c3ccccc3c3ccc4c5ccccc5sc4c32)c(-n2c3ccccc3c3ccccc32)c1-n1c2ccccc2c2ccc3c4ccccc4sc3c21. The van der Waals surface area contributed by atoms with Crippen LogP contribution in [-0.2, 0) is 0 Å². The first-order chi connectivity index (χ1) is 37.7. The minimum Gasteiger partial charge on any atom is -0.318 e. The van der Waals surface area contributed by atoms with Crippen molar-refractivity contribution in [3.8, 4) is 28.8 Å². The topological polar surface area (TPSA) is 47.9 Å². The second-order valence-electron chi connectivity index (χ2n) is 19.7. The molecule has 17 aromatic rings. The number of fused-ring (bicyclic) bond motifs is 20. The van der Waals surface area contributed by atoms with E-state index in [0.29, 0.717) is 28.3 Å². The molecule has 0 spiro atoms. The third-order valence-corrected chi connectivity index (χ3v) is 18.4. The molecule has 6 aromatic heterocycles. The third kappa shape index (κ3) is 5.26. The second kappa shape index (κ2) is 15.3. The van der Waals surface area contributed by atoms with Crippen LogP contribution in [-0.4, -0.2) is 18.3 Å². The summed E-state index contributed by atoms with van der Waals surface area (Å²) in [5, 5.41) is 25.9. The van der Waals surface area contributed by atoms with Crippen LogP contribution in [0.2, 0.25) is 0 Å². The first-order valence-electron chi connectivity index (χ1n) is 25.4. The van der Waals surface area contributed by atoms with Gasteiger partial charge in [0.1, 0.15) is 6.07 Å². The Bertz CT molecular complexity index is 5190. The molecule has 8 heteroatoms. The lowest BCUT2D eigenvalue weighted by molar-refractivity contribution is 1.04. The summed E-state index contributed by atoms with van der Waals surface area (Å²) < 4.78 is 14.0. The highest BCUT2D eigenvalue weighted by atomic mass is 32.1. The Kier molecular flexibility index (Phi) is 8.36. The van der Waals surface area contributed by atoms with Gasteiger partial charge in [-0.3, -0.25) is 0 Å². The Morgan fingerprint density at radius 1 is 0.316 bits per heavy atom. The van der Waals surface area contributed by atoms with Crippen molar-refractivity contribution in [3.05, 3.63) is 235 Å². The van der Waals surface area contributed by atoms with E-state index < -0.39 is 0 Å². The molecule has 6 heterocycles. The molecule has 0 unspecified atom stereocenters. The molecular formula is C68H36N6S2. The minimum atomic E-state index is 0.372. The molecule has 76 heavy (non-hydrogen) atoms. The first-order valence-corrected chi connectivity index (χ1v) is 27.0. The summed E-state index contributed by atoms with van der Waals surface area (Å²) in [6.45, 7) is 9.89. The summed E-state index contributed by atoms with van der Waals surface area (Å²) in [6, 6.07) is 80.7. The number of benzene rings is 11. The summed E-state index contributed by atoms with van der Waals surface area (Å²) in [5.74, 6) is 0. The van der Waals surface area contributed by atoms with Crippen molar-refractivity contribution in [1.82, 2.24) is 18.3 Å².